The Morgan fingerprint density at radius 2 is 2.12 bits per heavy atom. The molecule has 1 spiro atoms. The third-order valence-corrected chi connectivity index (χ3v) is 5.68. The van der Waals surface area contributed by atoms with E-state index < -0.39 is 0 Å². The minimum Gasteiger partial charge on any atom is -0.338 e. The molecule has 0 aromatic heterocycles. The molecule has 1 amide bonds. The van der Waals surface area contributed by atoms with Gasteiger partial charge in [-0.1, -0.05) is 41.5 Å². The molecule has 2 fully saturated rings. The standard InChI is InChI=1S/C21H30N2O/c1-4-17(2)14-22-12-10-21(16-22)9-6-11-23(20(21)24)15-19-8-5-7-18(3)13-19/h4-5,7-8,13H,6,9-12,14-16H2,1-3H3/b17-4+/t21-/m0/s1. The van der Waals surface area contributed by atoms with E-state index in [2.05, 4.69) is 60.9 Å². The van der Waals surface area contributed by atoms with Crippen LogP contribution in [0.1, 0.15) is 44.2 Å². The summed E-state index contributed by atoms with van der Waals surface area (Å²) >= 11 is 0. The number of nitrogens with zero attached hydrogens (tertiary/aromatic N) is 2. The number of hydrogen-bond donors (Lipinski definition) is 0. The van der Waals surface area contributed by atoms with Gasteiger partial charge in [0, 0.05) is 26.2 Å². The van der Waals surface area contributed by atoms with Gasteiger partial charge in [-0.2, -0.15) is 0 Å². The number of piperidine rings is 1. The second-order valence-electron chi connectivity index (χ2n) is 7.70. The van der Waals surface area contributed by atoms with E-state index in [9.17, 15) is 4.79 Å². The van der Waals surface area contributed by atoms with Crippen LogP contribution in [0.5, 0.6) is 0 Å². The normalized spacial score (nSPS) is 25.7. The van der Waals surface area contributed by atoms with Gasteiger partial charge in [0.05, 0.1) is 5.41 Å². The number of amides is 1. The summed E-state index contributed by atoms with van der Waals surface area (Å²) in [5.74, 6) is 0.385. The maximum absolute atomic E-state index is 13.2. The third kappa shape index (κ3) is 3.56. The van der Waals surface area contributed by atoms with Crippen molar-refractivity contribution in [3.05, 3.63) is 47.0 Å². The van der Waals surface area contributed by atoms with Crippen molar-refractivity contribution in [2.75, 3.05) is 26.2 Å². The Balaban J connectivity index is 1.69. The number of carbonyl (C=O) groups excluding carboxylic acids is 1. The second kappa shape index (κ2) is 7.10. The average Bonchev–Trinajstić information content (AvgIpc) is 2.96. The topological polar surface area (TPSA) is 23.6 Å². The van der Waals surface area contributed by atoms with Gasteiger partial charge in [0.2, 0.25) is 5.91 Å². The Labute approximate surface area is 146 Å². The van der Waals surface area contributed by atoms with E-state index in [1.165, 1.54) is 16.7 Å². The SMILES string of the molecule is C/C=C(\C)CN1CC[C@@]2(CCCN(Cc3cccc(C)c3)C2=O)C1. The van der Waals surface area contributed by atoms with Crippen LogP contribution in [0, 0.1) is 12.3 Å². The van der Waals surface area contributed by atoms with Crippen LogP contribution in [-0.4, -0.2) is 41.9 Å². The molecule has 1 atom stereocenters. The van der Waals surface area contributed by atoms with Crippen molar-refractivity contribution in [2.24, 2.45) is 5.41 Å². The van der Waals surface area contributed by atoms with E-state index in [-0.39, 0.29) is 5.41 Å². The molecule has 3 heteroatoms. The lowest BCUT2D eigenvalue weighted by molar-refractivity contribution is -0.146. The fourth-order valence-corrected chi connectivity index (χ4v) is 4.25. The van der Waals surface area contributed by atoms with Crippen molar-refractivity contribution in [2.45, 2.75) is 46.6 Å². The van der Waals surface area contributed by atoms with Crippen molar-refractivity contribution >= 4 is 5.91 Å². The van der Waals surface area contributed by atoms with Crippen LogP contribution in [0.15, 0.2) is 35.9 Å². The van der Waals surface area contributed by atoms with Crippen LogP contribution in [-0.2, 0) is 11.3 Å². The molecule has 0 aliphatic carbocycles. The third-order valence-electron chi connectivity index (χ3n) is 5.68. The van der Waals surface area contributed by atoms with Gasteiger partial charge in [-0.15, -0.1) is 0 Å². The summed E-state index contributed by atoms with van der Waals surface area (Å²) in [6.07, 6.45) is 5.39. The van der Waals surface area contributed by atoms with E-state index in [0.717, 1.165) is 52.0 Å². The fourth-order valence-electron chi connectivity index (χ4n) is 4.25. The molecule has 3 nitrogen and oxygen atoms in total. The Hall–Kier alpha value is -1.61. The maximum atomic E-state index is 13.2. The first kappa shape index (κ1) is 17.2. The fraction of sp³-hybridized carbons (Fsp3) is 0.571. The molecule has 0 N–H and O–H groups in total. The average molecular weight is 326 g/mol. The van der Waals surface area contributed by atoms with Gasteiger partial charge in [-0.3, -0.25) is 9.69 Å². The van der Waals surface area contributed by atoms with Crippen molar-refractivity contribution in [3.8, 4) is 0 Å². The van der Waals surface area contributed by atoms with E-state index in [1.54, 1.807) is 0 Å². The van der Waals surface area contributed by atoms with Crippen LogP contribution in [0.2, 0.25) is 0 Å². The molecule has 2 aliphatic heterocycles. The first-order valence-electron chi connectivity index (χ1n) is 9.21. The highest BCUT2D eigenvalue weighted by atomic mass is 16.2. The van der Waals surface area contributed by atoms with E-state index in [0.29, 0.717) is 5.91 Å². The zero-order valence-electron chi connectivity index (χ0n) is 15.3. The number of hydrogen-bond acceptors (Lipinski definition) is 2. The van der Waals surface area contributed by atoms with Crippen LogP contribution < -0.4 is 0 Å². The number of benzene rings is 1. The van der Waals surface area contributed by atoms with Crippen molar-refractivity contribution < 1.29 is 4.79 Å². The molecule has 2 saturated heterocycles. The molecule has 130 valence electrons. The second-order valence-corrected chi connectivity index (χ2v) is 7.70. The molecule has 3 rings (SSSR count). The number of aryl methyl sites for hydroxylation is 1. The Morgan fingerprint density at radius 1 is 1.29 bits per heavy atom. The monoisotopic (exact) mass is 326 g/mol. The van der Waals surface area contributed by atoms with Crippen LogP contribution in [0.4, 0.5) is 0 Å². The van der Waals surface area contributed by atoms with Crippen molar-refractivity contribution in [1.29, 1.82) is 0 Å². The first-order chi connectivity index (χ1) is 11.5. The minimum absolute atomic E-state index is 0.129. The van der Waals surface area contributed by atoms with Gasteiger partial charge in [-0.25, -0.2) is 0 Å². The van der Waals surface area contributed by atoms with Crippen LogP contribution >= 0.6 is 0 Å². The van der Waals surface area contributed by atoms with Gasteiger partial charge < -0.3 is 4.90 Å². The molecule has 0 radical (unpaired) electrons. The number of allylic oxidation sites excluding steroid dienone is 1. The molecule has 2 heterocycles. The molecule has 0 saturated carbocycles. The largest absolute Gasteiger partial charge is 0.338 e. The summed E-state index contributed by atoms with van der Waals surface area (Å²) in [7, 11) is 0. The highest BCUT2D eigenvalue weighted by Gasteiger charge is 2.48. The van der Waals surface area contributed by atoms with Gasteiger partial charge in [0.1, 0.15) is 0 Å². The van der Waals surface area contributed by atoms with E-state index in [4.69, 9.17) is 0 Å². The molecule has 0 bridgehead atoms. The summed E-state index contributed by atoms with van der Waals surface area (Å²) in [5.41, 5.74) is 3.78. The molecular formula is C21H30N2O. The number of likely N-dealkylation sites (tertiary alicyclic amines) is 2. The highest BCUT2D eigenvalue weighted by molar-refractivity contribution is 5.84. The molecular weight excluding hydrogens is 296 g/mol. The lowest BCUT2D eigenvalue weighted by atomic mass is 9.78. The zero-order valence-corrected chi connectivity index (χ0v) is 15.3. The summed E-state index contributed by atoms with van der Waals surface area (Å²) in [6, 6.07) is 8.54. The summed E-state index contributed by atoms with van der Waals surface area (Å²) in [5, 5.41) is 0. The predicted molar refractivity (Wildman–Crippen MR) is 98.8 cm³/mol. The Morgan fingerprint density at radius 3 is 2.88 bits per heavy atom. The Bertz CT molecular complexity index is 636. The van der Waals surface area contributed by atoms with Crippen LogP contribution in [0.3, 0.4) is 0 Å². The zero-order chi connectivity index (χ0) is 17.2. The van der Waals surface area contributed by atoms with Crippen molar-refractivity contribution in [3.63, 3.8) is 0 Å². The molecule has 24 heavy (non-hydrogen) atoms. The maximum Gasteiger partial charge on any atom is 0.230 e. The number of carbonyl (C=O) groups is 1. The molecule has 0 unspecified atom stereocenters. The Kier molecular flexibility index (Phi) is 5.09. The summed E-state index contributed by atoms with van der Waals surface area (Å²) < 4.78 is 0. The predicted octanol–water partition coefficient (Wildman–Crippen LogP) is 3.78. The van der Waals surface area contributed by atoms with Gasteiger partial charge in [0.25, 0.3) is 0 Å². The van der Waals surface area contributed by atoms with Crippen LogP contribution in [0.25, 0.3) is 0 Å². The van der Waals surface area contributed by atoms with Gasteiger partial charge in [0.15, 0.2) is 0 Å². The number of rotatable bonds is 4. The molecule has 1 aromatic carbocycles. The molecule has 1 aromatic rings. The smallest absolute Gasteiger partial charge is 0.230 e. The lowest BCUT2D eigenvalue weighted by Gasteiger charge is -2.39. The minimum atomic E-state index is -0.129. The van der Waals surface area contributed by atoms with E-state index in [1.807, 2.05) is 0 Å². The van der Waals surface area contributed by atoms with E-state index >= 15 is 0 Å². The summed E-state index contributed by atoms with van der Waals surface area (Å²) in [4.78, 5) is 17.8. The first-order valence-corrected chi connectivity index (χ1v) is 9.21. The summed E-state index contributed by atoms with van der Waals surface area (Å²) in [6.45, 7) is 11.0. The quantitative estimate of drug-likeness (QED) is 0.786. The highest BCUT2D eigenvalue weighted by Crippen LogP contribution is 2.40. The lowest BCUT2D eigenvalue weighted by Crippen LogP contribution is -2.49. The van der Waals surface area contributed by atoms with Gasteiger partial charge in [-0.05, 0) is 52.1 Å². The van der Waals surface area contributed by atoms with Gasteiger partial charge >= 0.3 is 0 Å². The van der Waals surface area contributed by atoms with Crippen molar-refractivity contribution in [1.82, 2.24) is 9.80 Å². The molecule has 2 aliphatic rings.